The third kappa shape index (κ3) is 3.28. The molecule has 0 amide bonds. The van der Waals surface area contributed by atoms with Gasteiger partial charge in [0.2, 0.25) is 0 Å². The maximum absolute atomic E-state index is 5.13. The third-order valence-electron chi connectivity index (χ3n) is 1.45. The van der Waals surface area contributed by atoms with Gasteiger partial charge in [-0.25, -0.2) is 0 Å². The van der Waals surface area contributed by atoms with Gasteiger partial charge in [-0.05, 0) is 12.2 Å². The molecule has 5 heteroatoms. The fraction of sp³-hybridized carbons (Fsp3) is 0.833. The molecule has 0 rings (SSSR count). The summed E-state index contributed by atoms with van der Waals surface area (Å²) in [5.74, 6) is 0. The number of ether oxygens (including phenoxy) is 1. The summed E-state index contributed by atoms with van der Waals surface area (Å²) in [6.07, 6.45) is 0. The molecule has 0 aliphatic rings. The molecule has 0 aromatic rings. The zero-order chi connectivity index (χ0) is 8.85. The number of methoxy groups -OCH3 is 1. The van der Waals surface area contributed by atoms with E-state index in [9.17, 15) is 0 Å². The summed E-state index contributed by atoms with van der Waals surface area (Å²) in [5, 5.41) is 0.561. The lowest BCUT2D eigenvalue weighted by atomic mass is 10.5. The molecule has 0 aromatic heterocycles. The summed E-state index contributed by atoms with van der Waals surface area (Å²) in [7, 11) is 3.21. The molecule has 1 unspecified atom stereocenters. The van der Waals surface area contributed by atoms with Gasteiger partial charge in [0.05, 0.1) is 12.7 Å². The zero-order valence-corrected chi connectivity index (χ0v) is 9.26. The van der Waals surface area contributed by atoms with Crippen LogP contribution in [0.4, 0.5) is 0 Å². The van der Waals surface area contributed by atoms with E-state index in [1.165, 1.54) is 0 Å². The molecular formula is C6H14O3SSi. The standard InChI is InChI=1S/C6H14O3SSi/c1-5(6(10)7-2)11(8-3)9-4/h5,11H,1-4H3. The molecule has 11 heavy (non-hydrogen) atoms. The SMILES string of the molecule is COC(=S)C(C)[SiH](OC)OC. The summed E-state index contributed by atoms with van der Waals surface area (Å²) >= 11 is 4.94. The topological polar surface area (TPSA) is 27.7 Å². The smallest absolute Gasteiger partial charge is 0.332 e. The van der Waals surface area contributed by atoms with Crippen molar-refractivity contribution in [2.24, 2.45) is 0 Å². The highest BCUT2D eigenvalue weighted by Gasteiger charge is 2.24. The van der Waals surface area contributed by atoms with Crippen LogP contribution in [-0.2, 0) is 13.6 Å². The number of hydrogen-bond acceptors (Lipinski definition) is 4. The van der Waals surface area contributed by atoms with E-state index in [0.29, 0.717) is 5.05 Å². The number of thiocarbonyl (C=S) groups is 1. The van der Waals surface area contributed by atoms with E-state index in [-0.39, 0.29) is 5.54 Å². The van der Waals surface area contributed by atoms with Crippen LogP contribution < -0.4 is 0 Å². The van der Waals surface area contributed by atoms with Crippen LogP contribution in [-0.4, -0.2) is 35.7 Å². The molecule has 0 spiro atoms. The summed E-state index contributed by atoms with van der Waals surface area (Å²) in [4.78, 5) is 0. The van der Waals surface area contributed by atoms with Crippen LogP contribution in [0.1, 0.15) is 6.92 Å². The third-order valence-corrected chi connectivity index (χ3v) is 4.27. The zero-order valence-electron chi connectivity index (χ0n) is 7.29. The number of hydrogen-bond donors (Lipinski definition) is 0. The van der Waals surface area contributed by atoms with E-state index in [4.69, 9.17) is 25.8 Å². The largest absolute Gasteiger partial charge is 0.490 e. The quantitative estimate of drug-likeness (QED) is 0.490. The van der Waals surface area contributed by atoms with Crippen molar-refractivity contribution in [2.45, 2.75) is 12.5 Å². The van der Waals surface area contributed by atoms with Gasteiger partial charge in [0.1, 0.15) is 0 Å². The number of rotatable bonds is 4. The van der Waals surface area contributed by atoms with Gasteiger partial charge in [-0.3, -0.25) is 0 Å². The summed E-state index contributed by atoms with van der Waals surface area (Å²) in [6, 6.07) is 0. The van der Waals surface area contributed by atoms with Crippen molar-refractivity contribution in [1.29, 1.82) is 0 Å². The van der Waals surface area contributed by atoms with E-state index in [1.54, 1.807) is 21.3 Å². The Balaban J connectivity index is 3.97. The van der Waals surface area contributed by atoms with Crippen molar-refractivity contribution < 1.29 is 13.6 Å². The van der Waals surface area contributed by atoms with Crippen LogP contribution in [0.25, 0.3) is 0 Å². The van der Waals surface area contributed by atoms with E-state index in [1.807, 2.05) is 6.92 Å². The molecule has 0 saturated carbocycles. The van der Waals surface area contributed by atoms with Crippen molar-refractivity contribution in [3.63, 3.8) is 0 Å². The highest BCUT2D eigenvalue weighted by Crippen LogP contribution is 2.13. The van der Waals surface area contributed by atoms with Crippen LogP contribution in [0.2, 0.25) is 5.54 Å². The first-order chi connectivity index (χ1) is 5.17. The summed E-state index contributed by atoms with van der Waals surface area (Å²) in [6.45, 7) is 1.95. The molecule has 0 N–H and O–H groups in total. The van der Waals surface area contributed by atoms with Gasteiger partial charge in [-0.1, -0.05) is 6.92 Å². The Labute approximate surface area is 74.5 Å². The van der Waals surface area contributed by atoms with Gasteiger partial charge in [0.15, 0.2) is 5.05 Å². The highest BCUT2D eigenvalue weighted by atomic mass is 32.1. The minimum atomic E-state index is -1.63. The van der Waals surface area contributed by atoms with E-state index in [2.05, 4.69) is 0 Å². The Bertz CT molecular complexity index is 127. The van der Waals surface area contributed by atoms with Crippen LogP contribution in [0.3, 0.4) is 0 Å². The maximum Gasteiger partial charge on any atom is 0.332 e. The molecule has 0 heterocycles. The van der Waals surface area contributed by atoms with Crippen molar-refractivity contribution in [3.8, 4) is 0 Å². The Kier molecular flexibility index (Phi) is 5.66. The van der Waals surface area contributed by atoms with Crippen LogP contribution in [0.5, 0.6) is 0 Å². The first-order valence-corrected chi connectivity index (χ1v) is 5.32. The van der Waals surface area contributed by atoms with Crippen molar-refractivity contribution >= 4 is 26.6 Å². The monoisotopic (exact) mass is 194 g/mol. The van der Waals surface area contributed by atoms with E-state index >= 15 is 0 Å². The van der Waals surface area contributed by atoms with Crippen LogP contribution in [0, 0.1) is 0 Å². The van der Waals surface area contributed by atoms with Gasteiger partial charge < -0.3 is 13.6 Å². The molecule has 0 radical (unpaired) electrons. The fourth-order valence-corrected chi connectivity index (χ4v) is 2.50. The Hall–Kier alpha value is 0.0269. The average Bonchev–Trinajstić information content (AvgIpc) is 2.05. The second-order valence-electron chi connectivity index (χ2n) is 2.15. The maximum atomic E-state index is 5.13. The van der Waals surface area contributed by atoms with Crippen LogP contribution >= 0.6 is 12.2 Å². The van der Waals surface area contributed by atoms with E-state index < -0.39 is 9.28 Å². The molecular weight excluding hydrogens is 180 g/mol. The molecule has 66 valence electrons. The predicted molar refractivity (Wildman–Crippen MR) is 50.2 cm³/mol. The lowest BCUT2D eigenvalue weighted by Crippen LogP contribution is -2.29. The summed E-state index contributed by atoms with van der Waals surface area (Å²) < 4.78 is 15.2. The van der Waals surface area contributed by atoms with Crippen LogP contribution in [0.15, 0.2) is 0 Å². The Morgan fingerprint density at radius 3 is 2.00 bits per heavy atom. The first kappa shape index (κ1) is 11.0. The highest BCUT2D eigenvalue weighted by molar-refractivity contribution is 7.80. The molecule has 0 aliphatic carbocycles. The first-order valence-electron chi connectivity index (χ1n) is 3.30. The van der Waals surface area contributed by atoms with Gasteiger partial charge >= 0.3 is 9.28 Å². The van der Waals surface area contributed by atoms with Gasteiger partial charge in [0, 0.05) is 14.2 Å². The molecule has 0 bridgehead atoms. The molecule has 3 nitrogen and oxygen atoms in total. The lowest BCUT2D eigenvalue weighted by molar-refractivity contribution is 0.269. The minimum Gasteiger partial charge on any atom is -0.490 e. The lowest BCUT2D eigenvalue weighted by Gasteiger charge is -2.18. The van der Waals surface area contributed by atoms with Crippen molar-refractivity contribution in [1.82, 2.24) is 0 Å². The Morgan fingerprint density at radius 1 is 1.27 bits per heavy atom. The minimum absolute atomic E-state index is 0.116. The molecule has 0 aliphatic heterocycles. The van der Waals surface area contributed by atoms with Crippen molar-refractivity contribution in [3.05, 3.63) is 0 Å². The fourth-order valence-electron chi connectivity index (χ4n) is 0.801. The normalized spacial score (nSPS) is 13.2. The van der Waals surface area contributed by atoms with Crippen molar-refractivity contribution in [2.75, 3.05) is 21.3 Å². The van der Waals surface area contributed by atoms with E-state index in [0.717, 1.165) is 0 Å². The average molecular weight is 194 g/mol. The second-order valence-corrected chi connectivity index (χ2v) is 5.23. The molecule has 0 aromatic carbocycles. The van der Waals surface area contributed by atoms with Gasteiger partial charge in [-0.15, -0.1) is 0 Å². The molecule has 0 saturated heterocycles. The van der Waals surface area contributed by atoms with Gasteiger partial charge in [0.25, 0.3) is 0 Å². The molecule has 0 fully saturated rings. The Morgan fingerprint density at radius 2 is 1.73 bits per heavy atom. The predicted octanol–water partition coefficient (Wildman–Crippen LogP) is 0.864. The summed E-state index contributed by atoms with van der Waals surface area (Å²) in [5.41, 5.74) is 0.116. The molecule has 1 atom stereocenters. The second kappa shape index (κ2) is 5.65. The van der Waals surface area contributed by atoms with Gasteiger partial charge in [-0.2, -0.15) is 0 Å².